The van der Waals surface area contributed by atoms with Gasteiger partial charge in [0.05, 0.1) is 6.54 Å². The maximum atomic E-state index is 13.3. The molecule has 2 aromatic heterocycles. The molecule has 5 rings (SSSR count). The number of carbonyl (C=O) groups is 1. The molecule has 0 aliphatic carbocycles. The number of carbonyl (C=O) groups excluding carboxylic acids is 1. The van der Waals surface area contributed by atoms with Crippen molar-refractivity contribution in [1.29, 1.82) is 0 Å². The lowest BCUT2D eigenvalue weighted by Gasteiger charge is -2.40. The minimum absolute atomic E-state index is 0.171. The maximum Gasteiger partial charge on any atom is 0.278 e. The van der Waals surface area contributed by atoms with Gasteiger partial charge in [-0.2, -0.15) is 10.1 Å². The Bertz CT molecular complexity index is 1490. The van der Waals surface area contributed by atoms with Crippen molar-refractivity contribution in [3.63, 3.8) is 0 Å². The minimum atomic E-state index is -0.272. The van der Waals surface area contributed by atoms with Gasteiger partial charge in [-0.25, -0.2) is 19.4 Å². The molecule has 1 aromatic carbocycles. The van der Waals surface area contributed by atoms with Gasteiger partial charge < -0.3 is 10.2 Å². The van der Waals surface area contributed by atoms with Crippen molar-refractivity contribution in [3.05, 3.63) is 65.6 Å². The summed E-state index contributed by atoms with van der Waals surface area (Å²) >= 11 is 0. The van der Waals surface area contributed by atoms with Gasteiger partial charge >= 0.3 is 0 Å². The smallest absolute Gasteiger partial charge is 0.278 e. The maximum absolute atomic E-state index is 13.3. The molecule has 0 saturated carbocycles. The van der Waals surface area contributed by atoms with Crippen LogP contribution in [-0.2, 0) is 11.3 Å². The molecular weight excluding hydrogens is 506 g/mol. The van der Waals surface area contributed by atoms with Crippen molar-refractivity contribution in [1.82, 2.24) is 29.2 Å². The van der Waals surface area contributed by atoms with Crippen LogP contribution in [0.25, 0.3) is 11.0 Å². The lowest BCUT2D eigenvalue weighted by molar-refractivity contribution is -0.119. The molecule has 2 atom stereocenters. The molecule has 0 spiro atoms. The zero-order chi connectivity index (χ0) is 28.4. The van der Waals surface area contributed by atoms with Crippen LogP contribution in [0.2, 0.25) is 0 Å². The number of nitrogens with zero attached hydrogens (tertiary/aromatic N) is 8. The highest BCUT2D eigenvalue weighted by atomic mass is 16.1. The summed E-state index contributed by atoms with van der Waals surface area (Å²) in [5.74, 6) is 0.714. The second-order valence-electron chi connectivity index (χ2n) is 10.6. The van der Waals surface area contributed by atoms with Gasteiger partial charge in [-0.1, -0.05) is 12.2 Å². The second-order valence-corrected chi connectivity index (χ2v) is 10.6. The number of anilines is 3. The Morgan fingerprint density at radius 3 is 2.52 bits per heavy atom. The number of piperazine rings is 1. The van der Waals surface area contributed by atoms with Crippen molar-refractivity contribution in [2.24, 2.45) is 5.10 Å². The summed E-state index contributed by atoms with van der Waals surface area (Å²) in [6.07, 6.45) is 9.87. The molecule has 11 nitrogen and oxygen atoms in total. The number of allylic oxidation sites excluding steroid dienone is 3. The lowest BCUT2D eigenvalue weighted by Crippen LogP contribution is -2.51. The lowest BCUT2D eigenvalue weighted by atomic mass is 10.1. The Morgan fingerprint density at radius 2 is 1.93 bits per heavy atom. The number of nitrogens with one attached hydrogen (secondary N) is 1. The molecule has 1 amide bonds. The fourth-order valence-corrected chi connectivity index (χ4v) is 5.49. The number of rotatable bonds is 9. The summed E-state index contributed by atoms with van der Waals surface area (Å²) in [4.78, 5) is 39.1. The normalized spacial score (nSPS) is 19.6. The van der Waals surface area contributed by atoms with E-state index < -0.39 is 0 Å². The quantitative estimate of drug-likeness (QED) is 0.145. The molecule has 2 bridgehead atoms. The molecule has 1 N–H and O–H groups in total. The molecule has 0 radical (unpaired) electrons. The minimum Gasteiger partial charge on any atom is -0.368 e. The Morgan fingerprint density at radius 1 is 1.23 bits per heavy atom. The van der Waals surface area contributed by atoms with E-state index in [1.165, 1.54) is 34.4 Å². The number of amides is 1. The van der Waals surface area contributed by atoms with Gasteiger partial charge in [0.25, 0.3) is 5.56 Å². The molecular formula is C29H37N9O2. The third-order valence-electron chi connectivity index (χ3n) is 7.70. The number of hydrogen-bond acceptors (Lipinski definition) is 8. The highest BCUT2D eigenvalue weighted by Gasteiger charge is 2.37. The predicted octanol–water partition coefficient (Wildman–Crippen LogP) is 3.41. The van der Waals surface area contributed by atoms with E-state index in [-0.39, 0.29) is 18.1 Å². The number of fused-ring (bicyclic) bond motifs is 3. The average molecular weight is 544 g/mol. The molecule has 2 aliphatic rings. The monoisotopic (exact) mass is 543 g/mol. The van der Waals surface area contributed by atoms with Crippen molar-refractivity contribution in [3.8, 4) is 0 Å². The first-order valence-corrected chi connectivity index (χ1v) is 13.7. The summed E-state index contributed by atoms with van der Waals surface area (Å²) in [6, 6.07) is 9.37. The standard InChI is InChI=1S/C29H37N9O2/c1-6-8-26(33-36(19-39)20(3)4)38-27-25(28(40)37(38)15-7-2)16-30-29(32-27)31-21-9-11-22(12-10-21)35-17-23-13-14-24(18-35)34(23)5/h6-12,16,19-20,23-24H,2,13-15,17-18H2,1,3-5H3,(H,30,31,32)/b8-6-,33-26+. The van der Waals surface area contributed by atoms with Crippen molar-refractivity contribution < 1.29 is 4.79 Å². The van der Waals surface area contributed by atoms with Crippen molar-refractivity contribution in [2.45, 2.75) is 58.3 Å². The second kappa shape index (κ2) is 11.5. The Labute approximate surface area is 234 Å². The van der Waals surface area contributed by atoms with Crippen LogP contribution >= 0.6 is 0 Å². The summed E-state index contributed by atoms with van der Waals surface area (Å²) in [7, 11) is 2.24. The fourth-order valence-electron chi connectivity index (χ4n) is 5.49. The molecule has 11 heteroatoms. The number of likely N-dealkylation sites (N-methyl/N-ethyl adjacent to an activating group) is 1. The Balaban J connectivity index is 1.47. The molecule has 2 aliphatic heterocycles. The largest absolute Gasteiger partial charge is 0.368 e. The van der Waals surface area contributed by atoms with Crippen LogP contribution in [0.3, 0.4) is 0 Å². The first-order valence-electron chi connectivity index (χ1n) is 13.7. The third-order valence-corrected chi connectivity index (χ3v) is 7.70. The first-order chi connectivity index (χ1) is 19.3. The van der Waals surface area contributed by atoms with Gasteiger partial charge in [0.15, 0.2) is 11.5 Å². The highest BCUT2D eigenvalue weighted by Crippen LogP contribution is 2.31. The molecule has 2 saturated heterocycles. The van der Waals surface area contributed by atoms with Crippen LogP contribution in [0, 0.1) is 0 Å². The van der Waals surface area contributed by atoms with E-state index in [0.29, 0.717) is 41.3 Å². The number of aromatic nitrogens is 4. The number of hydrazone groups is 1. The predicted molar refractivity (Wildman–Crippen MR) is 159 cm³/mol. The average Bonchev–Trinajstić information content (AvgIpc) is 3.30. The van der Waals surface area contributed by atoms with Crippen LogP contribution < -0.4 is 15.8 Å². The first kappa shape index (κ1) is 27.3. The van der Waals surface area contributed by atoms with E-state index in [4.69, 9.17) is 4.98 Å². The zero-order valence-corrected chi connectivity index (χ0v) is 23.6. The molecule has 3 aromatic rings. The van der Waals surface area contributed by atoms with Gasteiger partial charge in [0.2, 0.25) is 12.4 Å². The fraction of sp³-hybridized carbons (Fsp3) is 0.414. The van der Waals surface area contributed by atoms with Crippen LogP contribution in [0.1, 0.15) is 33.6 Å². The Hall–Kier alpha value is -4.25. The van der Waals surface area contributed by atoms with E-state index in [0.717, 1.165) is 18.8 Å². The van der Waals surface area contributed by atoms with E-state index in [2.05, 4.69) is 51.0 Å². The molecule has 2 unspecified atom stereocenters. The Kier molecular flexibility index (Phi) is 7.83. The summed E-state index contributed by atoms with van der Waals surface area (Å²) in [6.45, 7) is 11.7. The third kappa shape index (κ3) is 5.16. The molecule has 2 fully saturated rings. The SMILES string of the molecule is C=CCn1c(=O)c2cnc(Nc3ccc(N4CC5CCC(C4)N5C)cc3)nc2n1C(/C=C\C)=N/N(C=O)C(C)C. The number of benzene rings is 1. The summed E-state index contributed by atoms with van der Waals surface area (Å²) in [5, 5.41) is 9.44. The van der Waals surface area contributed by atoms with Gasteiger partial charge in [-0.15, -0.1) is 6.58 Å². The van der Waals surface area contributed by atoms with Gasteiger partial charge in [0.1, 0.15) is 5.39 Å². The van der Waals surface area contributed by atoms with E-state index >= 15 is 0 Å². The topological polar surface area (TPSA) is 104 Å². The van der Waals surface area contributed by atoms with Gasteiger partial charge in [-0.3, -0.25) is 14.5 Å². The van der Waals surface area contributed by atoms with E-state index in [1.807, 2.05) is 32.9 Å². The highest BCUT2D eigenvalue weighted by molar-refractivity contribution is 5.99. The van der Waals surface area contributed by atoms with Crippen LogP contribution in [0.4, 0.5) is 17.3 Å². The van der Waals surface area contributed by atoms with Gasteiger partial charge in [0, 0.05) is 48.8 Å². The van der Waals surface area contributed by atoms with Crippen LogP contribution in [0.5, 0.6) is 0 Å². The van der Waals surface area contributed by atoms with Crippen LogP contribution in [-0.4, -0.2) is 79.7 Å². The summed E-state index contributed by atoms with van der Waals surface area (Å²) in [5.41, 5.74) is 2.15. The van der Waals surface area contributed by atoms with Gasteiger partial charge in [-0.05, 0) is 71.0 Å². The molecule has 40 heavy (non-hydrogen) atoms. The summed E-state index contributed by atoms with van der Waals surface area (Å²) < 4.78 is 3.09. The van der Waals surface area contributed by atoms with Crippen molar-refractivity contribution in [2.75, 3.05) is 30.4 Å². The molecule has 4 heterocycles. The van der Waals surface area contributed by atoms with E-state index in [9.17, 15) is 9.59 Å². The molecule has 210 valence electrons. The van der Waals surface area contributed by atoms with Crippen molar-refractivity contribution >= 4 is 40.6 Å². The zero-order valence-electron chi connectivity index (χ0n) is 23.6. The number of hydrogen-bond donors (Lipinski definition) is 1. The van der Waals surface area contributed by atoms with E-state index in [1.54, 1.807) is 22.9 Å². The van der Waals surface area contributed by atoms with Crippen LogP contribution in [0.15, 0.2) is 65.2 Å².